The molecule has 2 aliphatic heterocycles. The Morgan fingerprint density at radius 3 is 2.57 bits per heavy atom. The van der Waals surface area contributed by atoms with E-state index in [1.165, 1.54) is 0 Å². The second kappa shape index (κ2) is 9.66. The van der Waals surface area contributed by atoms with E-state index >= 15 is 0 Å². The van der Waals surface area contributed by atoms with Crippen LogP contribution in [0.25, 0.3) is 0 Å². The fourth-order valence-corrected chi connectivity index (χ4v) is 3.73. The molecule has 1 atom stereocenters. The number of carbonyl (C=O) groups is 1. The van der Waals surface area contributed by atoms with E-state index in [0.29, 0.717) is 36.8 Å². The second-order valence-electron chi connectivity index (χ2n) is 7.46. The number of fused-ring (bicyclic) bond motifs is 1. The number of aliphatic hydroxyl groups is 1. The number of β-amino-alcohol motifs (C(OH)–C–C–N with tert-alkyl or cyclic N) is 1. The highest BCUT2D eigenvalue weighted by Crippen LogP contribution is 2.32. The fraction of sp³-hybridized carbons (Fsp3) is 0.409. The molecule has 1 unspecified atom stereocenters. The summed E-state index contributed by atoms with van der Waals surface area (Å²) in [6.45, 7) is 4.12. The van der Waals surface area contributed by atoms with Crippen LogP contribution in [-0.2, 0) is 11.3 Å². The molecule has 7 nitrogen and oxygen atoms in total. The summed E-state index contributed by atoms with van der Waals surface area (Å²) in [5.74, 6) is 1.48. The first-order chi connectivity index (χ1) is 14.6. The van der Waals surface area contributed by atoms with Gasteiger partial charge in [-0.2, -0.15) is 0 Å². The van der Waals surface area contributed by atoms with Crippen LogP contribution in [0.1, 0.15) is 15.9 Å². The van der Waals surface area contributed by atoms with Crippen molar-refractivity contribution in [2.45, 2.75) is 12.7 Å². The number of piperazine rings is 1. The van der Waals surface area contributed by atoms with Crippen molar-refractivity contribution >= 4 is 17.5 Å². The number of amides is 1. The Labute approximate surface area is 180 Å². The van der Waals surface area contributed by atoms with Gasteiger partial charge in [0.15, 0.2) is 11.5 Å². The summed E-state index contributed by atoms with van der Waals surface area (Å²) in [6.07, 6.45) is -0.586. The molecule has 0 bridgehead atoms. The molecule has 0 aliphatic carbocycles. The van der Waals surface area contributed by atoms with Crippen LogP contribution in [0.4, 0.5) is 0 Å². The summed E-state index contributed by atoms with van der Waals surface area (Å²) in [5, 5.41) is 10.9. The smallest absolute Gasteiger partial charge is 0.253 e. The van der Waals surface area contributed by atoms with Crippen LogP contribution in [0, 0.1) is 0 Å². The number of nitrogens with zero attached hydrogens (tertiary/aromatic N) is 2. The lowest BCUT2D eigenvalue weighted by Crippen LogP contribution is -2.50. The zero-order valence-electron chi connectivity index (χ0n) is 16.6. The van der Waals surface area contributed by atoms with Crippen molar-refractivity contribution in [3.63, 3.8) is 0 Å². The monoisotopic (exact) mass is 432 g/mol. The molecule has 2 aromatic rings. The topological polar surface area (TPSA) is 71.5 Å². The number of hydrogen-bond acceptors (Lipinski definition) is 6. The van der Waals surface area contributed by atoms with E-state index in [4.69, 9.17) is 25.8 Å². The number of rotatable bonds is 7. The lowest BCUT2D eigenvalue weighted by Gasteiger charge is -2.35. The molecule has 0 saturated carbocycles. The molecule has 2 aliphatic rings. The summed E-state index contributed by atoms with van der Waals surface area (Å²) in [5.41, 5.74) is 1.62. The quantitative estimate of drug-likeness (QED) is 0.724. The van der Waals surface area contributed by atoms with Crippen molar-refractivity contribution in [1.29, 1.82) is 0 Å². The van der Waals surface area contributed by atoms with Crippen molar-refractivity contribution < 1.29 is 24.1 Å². The highest BCUT2D eigenvalue weighted by atomic mass is 35.5. The van der Waals surface area contributed by atoms with Crippen LogP contribution in [-0.4, -0.2) is 73.0 Å². The molecule has 1 N–H and O–H groups in total. The molecule has 160 valence electrons. The summed E-state index contributed by atoms with van der Waals surface area (Å²) in [6, 6.07) is 12.6. The van der Waals surface area contributed by atoms with Gasteiger partial charge >= 0.3 is 0 Å². The van der Waals surface area contributed by atoms with E-state index in [2.05, 4.69) is 4.90 Å². The molecule has 0 spiro atoms. The van der Waals surface area contributed by atoms with E-state index in [1.54, 1.807) is 24.3 Å². The number of aliphatic hydroxyl groups excluding tert-OH is 1. The van der Waals surface area contributed by atoms with Crippen LogP contribution in [0.2, 0.25) is 5.02 Å². The third kappa shape index (κ3) is 5.23. The lowest BCUT2D eigenvalue weighted by atomic mass is 10.2. The Bertz CT molecular complexity index is 868. The first-order valence-electron chi connectivity index (χ1n) is 10.00. The Kier molecular flexibility index (Phi) is 6.74. The molecular weight excluding hydrogens is 408 g/mol. The van der Waals surface area contributed by atoms with Gasteiger partial charge in [0.05, 0.1) is 19.3 Å². The van der Waals surface area contributed by atoms with Gasteiger partial charge in [-0.3, -0.25) is 9.69 Å². The number of halogens is 1. The average molecular weight is 433 g/mol. The van der Waals surface area contributed by atoms with Gasteiger partial charge in [-0.1, -0.05) is 17.7 Å². The predicted molar refractivity (Wildman–Crippen MR) is 112 cm³/mol. The summed E-state index contributed by atoms with van der Waals surface area (Å²) in [7, 11) is 0. The molecule has 30 heavy (non-hydrogen) atoms. The minimum absolute atomic E-state index is 0.0129. The first-order valence-corrected chi connectivity index (χ1v) is 10.4. The van der Waals surface area contributed by atoms with Crippen molar-refractivity contribution in [3.8, 4) is 11.5 Å². The number of carbonyl (C=O) groups excluding carboxylic acids is 1. The van der Waals surface area contributed by atoms with Gasteiger partial charge < -0.3 is 24.2 Å². The third-order valence-corrected chi connectivity index (χ3v) is 5.49. The predicted octanol–water partition coefficient (Wildman–Crippen LogP) is 2.40. The minimum atomic E-state index is -0.586. The number of hydrogen-bond donors (Lipinski definition) is 1. The third-order valence-electron chi connectivity index (χ3n) is 5.24. The average Bonchev–Trinajstić information content (AvgIpc) is 3.22. The van der Waals surface area contributed by atoms with Crippen LogP contribution < -0.4 is 9.47 Å². The second-order valence-corrected chi connectivity index (χ2v) is 7.89. The molecule has 0 aromatic heterocycles. The van der Waals surface area contributed by atoms with Gasteiger partial charge in [0, 0.05) is 43.3 Å². The maximum absolute atomic E-state index is 12.6. The van der Waals surface area contributed by atoms with E-state index in [0.717, 1.165) is 30.2 Å². The first kappa shape index (κ1) is 20.9. The summed E-state index contributed by atoms with van der Waals surface area (Å²) in [4.78, 5) is 16.6. The zero-order valence-corrected chi connectivity index (χ0v) is 17.4. The van der Waals surface area contributed by atoms with Crippen LogP contribution in [0.5, 0.6) is 11.5 Å². The molecule has 1 saturated heterocycles. The van der Waals surface area contributed by atoms with E-state index in [9.17, 15) is 9.90 Å². The highest BCUT2D eigenvalue weighted by Gasteiger charge is 2.23. The Hall–Kier alpha value is -2.32. The van der Waals surface area contributed by atoms with E-state index < -0.39 is 6.10 Å². The maximum atomic E-state index is 12.6. The molecule has 2 aromatic carbocycles. The van der Waals surface area contributed by atoms with Gasteiger partial charge in [0.25, 0.3) is 5.91 Å². The molecular formula is C22H25ClN2O5. The fourth-order valence-electron chi connectivity index (χ4n) is 3.60. The van der Waals surface area contributed by atoms with E-state index in [1.807, 2.05) is 23.1 Å². The lowest BCUT2D eigenvalue weighted by molar-refractivity contribution is 0.00204. The SMILES string of the molecule is O=C(c1ccc(Cl)cc1)N1CCN(CC(O)COCc2ccc3c(c2)OCO3)CC1. The van der Waals surface area contributed by atoms with Crippen molar-refractivity contribution in [1.82, 2.24) is 9.80 Å². The van der Waals surface area contributed by atoms with Gasteiger partial charge in [-0.05, 0) is 42.0 Å². The zero-order chi connectivity index (χ0) is 20.9. The van der Waals surface area contributed by atoms with Gasteiger partial charge in [-0.25, -0.2) is 0 Å². The van der Waals surface area contributed by atoms with Gasteiger partial charge in [-0.15, -0.1) is 0 Å². The van der Waals surface area contributed by atoms with Crippen molar-refractivity contribution in [2.75, 3.05) is 46.1 Å². The highest BCUT2D eigenvalue weighted by molar-refractivity contribution is 6.30. The molecule has 1 amide bonds. The minimum Gasteiger partial charge on any atom is -0.454 e. The normalized spacial score (nSPS) is 17.2. The molecule has 0 radical (unpaired) electrons. The maximum Gasteiger partial charge on any atom is 0.253 e. The van der Waals surface area contributed by atoms with E-state index in [-0.39, 0.29) is 19.3 Å². The molecule has 2 heterocycles. The summed E-state index contributed by atoms with van der Waals surface area (Å²) >= 11 is 5.89. The molecule has 4 rings (SSSR count). The number of ether oxygens (including phenoxy) is 3. The summed E-state index contributed by atoms with van der Waals surface area (Å²) < 4.78 is 16.3. The standard InChI is InChI=1S/C22H25ClN2O5/c23-18-4-2-17(3-5-18)22(27)25-9-7-24(8-10-25)12-19(26)14-28-13-16-1-6-20-21(11-16)30-15-29-20/h1-6,11,19,26H,7-10,12-15H2. The van der Waals surface area contributed by atoms with Gasteiger partial charge in [0.1, 0.15) is 0 Å². The van der Waals surface area contributed by atoms with Crippen LogP contribution >= 0.6 is 11.6 Å². The Morgan fingerprint density at radius 2 is 1.80 bits per heavy atom. The van der Waals surface area contributed by atoms with Crippen molar-refractivity contribution in [3.05, 3.63) is 58.6 Å². The Morgan fingerprint density at radius 1 is 1.07 bits per heavy atom. The number of benzene rings is 2. The molecule has 1 fully saturated rings. The molecule has 8 heteroatoms. The van der Waals surface area contributed by atoms with Crippen molar-refractivity contribution in [2.24, 2.45) is 0 Å². The van der Waals surface area contributed by atoms with Crippen LogP contribution in [0.15, 0.2) is 42.5 Å². The van der Waals surface area contributed by atoms with Gasteiger partial charge in [0.2, 0.25) is 6.79 Å². The largest absolute Gasteiger partial charge is 0.454 e. The van der Waals surface area contributed by atoms with Crippen LogP contribution in [0.3, 0.4) is 0 Å². The Balaban J connectivity index is 1.16.